The topological polar surface area (TPSA) is 55.8 Å². The average Bonchev–Trinajstić information content (AvgIpc) is 2.38. The summed E-state index contributed by atoms with van der Waals surface area (Å²) in [7, 11) is 2.94. The van der Waals surface area contributed by atoms with Crippen LogP contribution in [0.2, 0.25) is 0 Å². The molecule has 0 unspecified atom stereocenters. The highest BCUT2D eigenvalue weighted by Gasteiger charge is 2.14. The van der Waals surface area contributed by atoms with Crippen LogP contribution in [0.4, 0.5) is 0 Å². The van der Waals surface area contributed by atoms with E-state index in [1.165, 1.54) is 26.4 Å². The molecule has 0 atom stereocenters. The second kappa shape index (κ2) is 6.92. The number of methoxy groups -OCH3 is 2. The maximum atomic E-state index is 11.0. The Labute approximate surface area is 114 Å². The number of aromatic carboxylic acids is 1. The summed E-state index contributed by atoms with van der Waals surface area (Å²) >= 11 is 3.28. The average molecular weight is 313 g/mol. The molecule has 1 N–H and O–H groups in total. The first kappa shape index (κ1) is 14.4. The minimum absolute atomic E-state index is 0.106. The standard InChI is InChI=1S/C13H13BrO4/c1-17-11-7-9(13(15)16)8-12(18-2)10(11)5-3-4-6-14/h7-8H,4,6H2,1-2H3,(H,15,16). The van der Waals surface area contributed by atoms with Crippen LogP contribution in [-0.4, -0.2) is 30.6 Å². The molecule has 4 nitrogen and oxygen atoms in total. The molecule has 0 amide bonds. The van der Waals surface area contributed by atoms with Gasteiger partial charge in [-0.2, -0.15) is 0 Å². The van der Waals surface area contributed by atoms with Crippen molar-refractivity contribution in [3.8, 4) is 23.3 Å². The van der Waals surface area contributed by atoms with Crippen LogP contribution in [0.25, 0.3) is 0 Å². The number of hydrogen-bond acceptors (Lipinski definition) is 3. The number of hydrogen-bond donors (Lipinski definition) is 1. The fraction of sp³-hybridized carbons (Fsp3) is 0.308. The largest absolute Gasteiger partial charge is 0.495 e. The van der Waals surface area contributed by atoms with Crippen LogP contribution in [0.15, 0.2) is 12.1 Å². The predicted octanol–water partition coefficient (Wildman–Crippen LogP) is 2.54. The molecular formula is C13H13BrO4. The van der Waals surface area contributed by atoms with Crippen molar-refractivity contribution in [3.63, 3.8) is 0 Å². The summed E-state index contributed by atoms with van der Waals surface area (Å²) < 4.78 is 10.3. The SMILES string of the molecule is COc1cc(C(=O)O)cc(OC)c1C#CCCBr. The van der Waals surface area contributed by atoms with E-state index in [0.717, 1.165) is 5.33 Å². The molecule has 0 aromatic heterocycles. The summed E-state index contributed by atoms with van der Waals surface area (Å²) in [6.45, 7) is 0. The van der Waals surface area contributed by atoms with E-state index in [-0.39, 0.29) is 5.56 Å². The van der Waals surface area contributed by atoms with Crippen molar-refractivity contribution in [3.05, 3.63) is 23.3 Å². The first-order valence-electron chi connectivity index (χ1n) is 5.18. The number of carboxylic acid groups (broad SMARTS) is 1. The number of ether oxygens (including phenoxy) is 2. The zero-order valence-electron chi connectivity index (χ0n) is 10.1. The maximum Gasteiger partial charge on any atom is 0.335 e. The Morgan fingerprint density at radius 1 is 1.33 bits per heavy atom. The van der Waals surface area contributed by atoms with Crippen molar-refractivity contribution in [2.75, 3.05) is 19.5 Å². The van der Waals surface area contributed by atoms with Gasteiger partial charge < -0.3 is 14.6 Å². The zero-order chi connectivity index (χ0) is 13.5. The molecule has 0 aliphatic carbocycles. The Balaban J connectivity index is 3.31. The lowest BCUT2D eigenvalue weighted by Crippen LogP contribution is -2.01. The van der Waals surface area contributed by atoms with Crippen LogP contribution >= 0.6 is 15.9 Å². The van der Waals surface area contributed by atoms with Crippen LogP contribution < -0.4 is 9.47 Å². The van der Waals surface area contributed by atoms with Crippen molar-refractivity contribution in [1.29, 1.82) is 0 Å². The Kier molecular flexibility index (Phi) is 5.53. The van der Waals surface area contributed by atoms with Crippen molar-refractivity contribution in [1.82, 2.24) is 0 Å². The van der Waals surface area contributed by atoms with Gasteiger partial charge in [0.2, 0.25) is 0 Å². The molecule has 1 aromatic carbocycles. The predicted molar refractivity (Wildman–Crippen MR) is 71.8 cm³/mol. The van der Waals surface area contributed by atoms with E-state index in [1.54, 1.807) is 0 Å². The highest BCUT2D eigenvalue weighted by atomic mass is 79.9. The molecule has 1 aromatic rings. The van der Waals surface area contributed by atoms with Gasteiger partial charge in [-0.25, -0.2) is 4.79 Å². The highest BCUT2D eigenvalue weighted by Crippen LogP contribution is 2.29. The van der Waals surface area contributed by atoms with Gasteiger partial charge >= 0.3 is 5.97 Å². The molecule has 1 rings (SSSR count). The fourth-order valence-corrected chi connectivity index (χ4v) is 1.55. The normalized spacial score (nSPS) is 9.28. The third-order valence-electron chi connectivity index (χ3n) is 2.19. The third kappa shape index (κ3) is 3.41. The van der Waals surface area contributed by atoms with Gasteiger partial charge in [0.15, 0.2) is 0 Å². The molecule has 0 bridgehead atoms. The second-order valence-electron chi connectivity index (χ2n) is 3.30. The quantitative estimate of drug-likeness (QED) is 0.685. The summed E-state index contributed by atoms with van der Waals surface area (Å²) in [6, 6.07) is 2.87. The number of halogens is 1. The number of rotatable bonds is 4. The van der Waals surface area contributed by atoms with Crippen LogP contribution in [-0.2, 0) is 0 Å². The highest BCUT2D eigenvalue weighted by molar-refractivity contribution is 9.09. The molecular weight excluding hydrogens is 300 g/mol. The second-order valence-corrected chi connectivity index (χ2v) is 4.09. The van der Waals surface area contributed by atoms with E-state index in [4.69, 9.17) is 14.6 Å². The maximum absolute atomic E-state index is 11.0. The van der Waals surface area contributed by atoms with Crippen molar-refractivity contribution < 1.29 is 19.4 Å². The van der Waals surface area contributed by atoms with Gasteiger partial charge in [0.25, 0.3) is 0 Å². The van der Waals surface area contributed by atoms with Crippen molar-refractivity contribution >= 4 is 21.9 Å². The van der Waals surface area contributed by atoms with Crippen molar-refractivity contribution in [2.24, 2.45) is 0 Å². The zero-order valence-corrected chi connectivity index (χ0v) is 11.7. The molecule has 0 fully saturated rings. The molecule has 0 spiro atoms. The van der Waals surface area contributed by atoms with Gasteiger partial charge in [0, 0.05) is 11.8 Å². The van der Waals surface area contributed by atoms with Gasteiger partial charge in [0.1, 0.15) is 17.1 Å². The Morgan fingerprint density at radius 3 is 2.28 bits per heavy atom. The van der Waals surface area contributed by atoms with Gasteiger partial charge in [-0.1, -0.05) is 27.8 Å². The van der Waals surface area contributed by atoms with Crippen LogP contribution in [0.1, 0.15) is 22.3 Å². The summed E-state index contributed by atoms with van der Waals surface area (Å²) in [6.07, 6.45) is 0.687. The van der Waals surface area contributed by atoms with Gasteiger partial charge in [0.05, 0.1) is 19.8 Å². The lowest BCUT2D eigenvalue weighted by Gasteiger charge is -2.10. The van der Waals surface area contributed by atoms with E-state index in [2.05, 4.69) is 27.8 Å². The van der Waals surface area contributed by atoms with E-state index in [9.17, 15) is 4.79 Å². The molecule has 96 valence electrons. The summed E-state index contributed by atoms with van der Waals surface area (Å²) in [5.74, 6) is 5.63. The molecule has 0 aliphatic rings. The van der Waals surface area contributed by atoms with Crippen LogP contribution in [0.3, 0.4) is 0 Å². The smallest absolute Gasteiger partial charge is 0.335 e. The Bertz CT molecular complexity index is 474. The minimum atomic E-state index is -1.04. The van der Waals surface area contributed by atoms with Gasteiger partial charge in [-0.3, -0.25) is 0 Å². The number of carbonyl (C=O) groups is 1. The van der Waals surface area contributed by atoms with E-state index < -0.39 is 5.97 Å². The summed E-state index contributed by atoms with van der Waals surface area (Å²) in [5.41, 5.74) is 0.667. The van der Waals surface area contributed by atoms with Gasteiger partial charge in [-0.15, -0.1) is 0 Å². The molecule has 0 heterocycles. The summed E-state index contributed by atoms with van der Waals surface area (Å²) in [5, 5.41) is 9.75. The summed E-state index contributed by atoms with van der Waals surface area (Å²) in [4.78, 5) is 11.0. The fourth-order valence-electron chi connectivity index (χ4n) is 1.36. The van der Waals surface area contributed by atoms with E-state index in [1.807, 2.05) is 0 Å². The van der Waals surface area contributed by atoms with Gasteiger partial charge in [-0.05, 0) is 12.1 Å². The molecule has 0 radical (unpaired) electrons. The third-order valence-corrected chi connectivity index (χ3v) is 2.58. The lowest BCUT2D eigenvalue weighted by atomic mass is 10.1. The number of alkyl halides is 1. The molecule has 0 saturated heterocycles. The lowest BCUT2D eigenvalue weighted by molar-refractivity contribution is 0.0696. The Hall–Kier alpha value is -1.67. The first-order chi connectivity index (χ1) is 8.63. The first-order valence-corrected chi connectivity index (χ1v) is 6.30. The minimum Gasteiger partial charge on any atom is -0.495 e. The van der Waals surface area contributed by atoms with E-state index in [0.29, 0.717) is 23.5 Å². The van der Waals surface area contributed by atoms with E-state index >= 15 is 0 Å². The number of carboxylic acids is 1. The Morgan fingerprint density at radius 2 is 1.89 bits per heavy atom. The van der Waals surface area contributed by atoms with Crippen LogP contribution in [0, 0.1) is 11.8 Å². The molecule has 0 saturated carbocycles. The molecule has 5 heteroatoms. The van der Waals surface area contributed by atoms with Crippen molar-refractivity contribution in [2.45, 2.75) is 6.42 Å². The van der Waals surface area contributed by atoms with Crippen LogP contribution in [0.5, 0.6) is 11.5 Å². The molecule has 18 heavy (non-hydrogen) atoms. The molecule has 0 aliphatic heterocycles. The monoisotopic (exact) mass is 312 g/mol. The number of benzene rings is 1.